The molecule has 1 fully saturated rings. The average molecular weight is 335 g/mol. The fourth-order valence-corrected chi connectivity index (χ4v) is 5.02. The minimum atomic E-state index is -3.42. The SMILES string of the molecule is CCO/C(Cl)=C(\C)N(C1CCCCC1)P(=O)(Cl)Cl. The number of halogens is 3. The summed E-state index contributed by atoms with van der Waals surface area (Å²) in [5, 5.41) is 0.213. The maximum absolute atomic E-state index is 12.1. The molecular weight excluding hydrogens is 315 g/mol. The molecule has 0 amide bonds. The Balaban J connectivity index is 2.98. The van der Waals surface area contributed by atoms with Crippen molar-refractivity contribution in [3.63, 3.8) is 0 Å². The minimum absolute atomic E-state index is 0.0776. The van der Waals surface area contributed by atoms with E-state index in [1.54, 1.807) is 11.6 Å². The molecule has 0 aromatic carbocycles. The summed E-state index contributed by atoms with van der Waals surface area (Å²) >= 11 is 17.8. The summed E-state index contributed by atoms with van der Waals surface area (Å²) in [4.78, 5) is 0. The maximum Gasteiger partial charge on any atom is 0.346 e. The average Bonchev–Trinajstić information content (AvgIpc) is 2.29. The van der Waals surface area contributed by atoms with Gasteiger partial charge >= 0.3 is 6.00 Å². The lowest BCUT2D eigenvalue weighted by Crippen LogP contribution is -2.31. The van der Waals surface area contributed by atoms with Gasteiger partial charge in [-0.1, -0.05) is 19.3 Å². The van der Waals surface area contributed by atoms with Crippen molar-refractivity contribution in [2.45, 2.75) is 52.0 Å². The van der Waals surface area contributed by atoms with Crippen LogP contribution in [0.4, 0.5) is 0 Å². The Morgan fingerprint density at radius 2 is 1.89 bits per heavy atom. The van der Waals surface area contributed by atoms with Gasteiger partial charge in [0, 0.05) is 6.04 Å². The predicted octanol–water partition coefficient (Wildman–Crippen LogP) is 5.67. The lowest BCUT2D eigenvalue weighted by Gasteiger charge is -2.36. The summed E-state index contributed by atoms with van der Waals surface area (Å²) in [7, 11) is 0. The van der Waals surface area contributed by atoms with Crippen LogP contribution in [0.25, 0.3) is 0 Å². The number of rotatable bonds is 5. The highest BCUT2D eigenvalue weighted by Crippen LogP contribution is 2.63. The standard InChI is InChI=1S/C11H19Cl3NO2P/c1-3-17-11(12)9(2)15(18(13,14)16)10-7-5-4-6-8-10/h10H,3-8H2,1-2H3/b11-9+. The number of allylic oxidation sites excluding steroid dienone is 1. The van der Waals surface area contributed by atoms with Crippen molar-refractivity contribution in [1.29, 1.82) is 0 Å². The van der Waals surface area contributed by atoms with Gasteiger partial charge in [-0.2, -0.15) is 0 Å². The zero-order valence-corrected chi connectivity index (χ0v) is 13.8. The van der Waals surface area contributed by atoms with Crippen molar-refractivity contribution in [3.05, 3.63) is 10.9 Å². The number of hydrogen-bond donors (Lipinski definition) is 0. The molecule has 1 aliphatic rings. The smallest absolute Gasteiger partial charge is 0.346 e. The quantitative estimate of drug-likeness (QED) is 0.479. The van der Waals surface area contributed by atoms with E-state index in [-0.39, 0.29) is 11.3 Å². The van der Waals surface area contributed by atoms with Gasteiger partial charge in [0.2, 0.25) is 5.22 Å². The van der Waals surface area contributed by atoms with E-state index in [0.717, 1.165) is 25.7 Å². The molecule has 0 radical (unpaired) electrons. The molecule has 0 aromatic heterocycles. The molecule has 3 nitrogen and oxygen atoms in total. The van der Waals surface area contributed by atoms with Crippen molar-refractivity contribution in [3.8, 4) is 0 Å². The molecule has 18 heavy (non-hydrogen) atoms. The van der Waals surface area contributed by atoms with Crippen LogP contribution >= 0.6 is 40.1 Å². The third-order valence-electron chi connectivity index (χ3n) is 3.07. The third-order valence-corrected chi connectivity index (χ3v) is 5.56. The Hall–Kier alpha value is 0.440. The fraction of sp³-hybridized carbons (Fsp3) is 0.818. The third kappa shape index (κ3) is 4.52. The summed E-state index contributed by atoms with van der Waals surface area (Å²) in [5.74, 6) is -3.42. The first kappa shape index (κ1) is 16.5. The van der Waals surface area contributed by atoms with E-state index in [0.29, 0.717) is 12.3 Å². The van der Waals surface area contributed by atoms with Gasteiger partial charge in [0.05, 0.1) is 12.3 Å². The van der Waals surface area contributed by atoms with Crippen molar-refractivity contribution >= 4 is 40.1 Å². The lowest BCUT2D eigenvalue weighted by atomic mass is 9.95. The van der Waals surface area contributed by atoms with Crippen LogP contribution in [0.2, 0.25) is 0 Å². The topological polar surface area (TPSA) is 29.5 Å². The summed E-state index contributed by atoms with van der Waals surface area (Å²) in [5.41, 5.74) is 0.554. The molecule has 0 atom stereocenters. The molecule has 0 spiro atoms. The van der Waals surface area contributed by atoms with Gasteiger partial charge in [0.15, 0.2) is 0 Å². The largest absolute Gasteiger partial charge is 0.482 e. The second-order valence-electron chi connectivity index (χ2n) is 4.36. The summed E-state index contributed by atoms with van der Waals surface area (Å²) < 4.78 is 18.9. The number of hydrogen-bond acceptors (Lipinski definition) is 2. The second kappa shape index (κ2) is 7.28. The zero-order valence-electron chi connectivity index (χ0n) is 10.7. The normalized spacial score (nSPS) is 19.4. The fourth-order valence-electron chi connectivity index (χ4n) is 2.29. The summed E-state index contributed by atoms with van der Waals surface area (Å²) in [6.45, 7) is 4.02. The highest BCUT2D eigenvalue weighted by molar-refractivity contribution is 8.07. The van der Waals surface area contributed by atoms with Gasteiger partial charge in [-0.15, -0.1) is 0 Å². The van der Waals surface area contributed by atoms with Gasteiger partial charge in [-0.3, -0.25) is 9.24 Å². The van der Waals surface area contributed by atoms with Crippen molar-refractivity contribution in [1.82, 2.24) is 4.67 Å². The van der Waals surface area contributed by atoms with Crippen LogP contribution in [0.3, 0.4) is 0 Å². The molecule has 0 unspecified atom stereocenters. The molecule has 0 aliphatic heterocycles. The van der Waals surface area contributed by atoms with Gasteiger partial charge in [-0.05, 0) is 60.8 Å². The Labute approximate surface area is 123 Å². The number of ether oxygens (including phenoxy) is 1. The van der Waals surface area contributed by atoms with Gasteiger partial charge in [-0.25, -0.2) is 0 Å². The van der Waals surface area contributed by atoms with E-state index in [2.05, 4.69) is 0 Å². The Morgan fingerprint density at radius 3 is 2.33 bits per heavy atom. The van der Waals surface area contributed by atoms with Crippen LogP contribution in [0.15, 0.2) is 10.9 Å². The maximum atomic E-state index is 12.1. The molecule has 0 saturated heterocycles. The van der Waals surface area contributed by atoms with Crippen molar-refractivity contribution in [2.24, 2.45) is 0 Å². The monoisotopic (exact) mass is 333 g/mol. The molecular formula is C11H19Cl3NO2P. The van der Waals surface area contributed by atoms with Crippen molar-refractivity contribution < 1.29 is 9.30 Å². The predicted molar refractivity (Wildman–Crippen MR) is 78.2 cm³/mol. The molecule has 1 rings (SSSR count). The number of nitrogens with zero attached hydrogens (tertiary/aromatic N) is 1. The lowest BCUT2D eigenvalue weighted by molar-refractivity contribution is 0.231. The zero-order chi connectivity index (χ0) is 13.8. The van der Waals surface area contributed by atoms with E-state index >= 15 is 0 Å². The van der Waals surface area contributed by atoms with Gasteiger partial charge in [0.1, 0.15) is 0 Å². The molecule has 1 saturated carbocycles. The highest BCUT2D eigenvalue weighted by Gasteiger charge is 2.34. The Bertz CT molecular complexity index is 350. The van der Waals surface area contributed by atoms with Gasteiger partial charge < -0.3 is 4.74 Å². The van der Waals surface area contributed by atoms with E-state index in [4.69, 9.17) is 38.8 Å². The molecule has 7 heteroatoms. The van der Waals surface area contributed by atoms with E-state index < -0.39 is 6.00 Å². The van der Waals surface area contributed by atoms with E-state index in [9.17, 15) is 4.57 Å². The van der Waals surface area contributed by atoms with E-state index in [1.165, 1.54) is 6.42 Å². The summed E-state index contributed by atoms with van der Waals surface area (Å²) in [6.07, 6.45) is 5.23. The van der Waals surface area contributed by atoms with Crippen LogP contribution in [0.1, 0.15) is 46.0 Å². The molecule has 1 aliphatic carbocycles. The van der Waals surface area contributed by atoms with Crippen LogP contribution in [0, 0.1) is 0 Å². The molecule has 0 bridgehead atoms. The molecule has 0 N–H and O–H groups in total. The Kier molecular flexibility index (Phi) is 6.67. The first-order chi connectivity index (χ1) is 8.38. The van der Waals surface area contributed by atoms with Crippen LogP contribution in [-0.2, 0) is 9.30 Å². The second-order valence-corrected chi connectivity index (χ2v) is 9.28. The molecule has 106 valence electrons. The van der Waals surface area contributed by atoms with Crippen LogP contribution < -0.4 is 0 Å². The molecule has 0 heterocycles. The van der Waals surface area contributed by atoms with Gasteiger partial charge in [0.25, 0.3) is 0 Å². The molecule has 0 aromatic rings. The van der Waals surface area contributed by atoms with Crippen LogP contribution in [-0.4, -0.2) is 17.3 Å². The Morgan fingerprint density at radius 1 is 1.33 bits per heavy atom. The first-order valence-electron chi connectivity index (χ1n) is 6.16. The van der Waals surface area contributed by atoms with E-state index in [1.807, 2.05) is 6.92 Å². The van der Waals surface area contributed by atoms with Crippen LogP contribution in [0.5, 0.6) is 0 Å². The first-order valence-corrected chi connectivity index (χ1v) is 10.0. The van der Waals surface area contributed by atoms with Crippen molar-refractivity contribution in [2.75, 3.05) is 6.61 Å². The minimum Gasteiger partial charge on any atom is -0.482 e. The highest BCUT2D eigenvalue weighted by atomic mass is 35.9. The summed E-state index contributed by atoms with van der Waals surface area (Å²) in [6, 6.07) is 0.0776.